The summed E-state index contributed by atoms with van der Waals surface area (Å²) in [6, 6.07) is 0. The molecule has 2 nitrogen and oxygen atoms in total. The minimum atomic E-state index is 0.277. The minimum absolute atomic E-state index is 0.277. The predicted octanol–water partition coefficient (Wildman–Crippen LogP) is 2.36. The van der Waals surface area contributed by atoms with Crippen molar-refractivity contribution in [2.75, 3.05) is 11.0 Å². The number of halogens is 1. The minimum Gasteiger partial charge on any atom is -0.355 e. The van der Waals surface area contributed by atoms with Gasteiger partial charge in [-0.2, -0.15) is 0 Å². The molecule has 0 aromatic carbocycles. The molecule has 1 N–H and O–H groups in total. The summed E-state index contributed by atoms with van der Waals surface area (Å²) in [4.78, 5) is 11.5. The second kappa shape index (κ2) is 4.81. The lowest BCUT2D eigenvalue weighted by Gasteiger charge is -2.20. The van der Waals surface area contributed by atoms with Gasteiger partial charge in [-0.3, -0.25) is 4.79 Å². The van der Waals surface area contributed by atoms with Gasteiger partial charge in [-0.25, -0.2) is 0 Å². The number of alkyl halides is 1. The van der Waals surface area contributed by atoms with Gasteiger partial charge in [-0.15, -0.1) is 0 Å². The standard InChI is InChI=1S/C11H18INO/c12-3-4-13-11(14)7-10-6-8-1-2-9(10)5-8/h8-10H,1-7H2,(H,13,14). The largest absolute Gasteiger partial charge is 0.355 e. The number of carbonyl (C=O) groups is 1. The first-order valence-electron chi connectivity index (χ1n) is 5.62. The highest BCUT2D eigenvalue weighted by atomic mass is 127. The zero-order valence-electron chi connectivity index (χ0n) is 8.47. The van der Waals surface area contributed by atoms with Crippen LogP contribution in [0.15, 0.2) is 0 Å². The lowest BCUT2D eigenvalue weighted by Crippen LogP contribution is -2.28. The molecule has 0 aromatic heterocycles. The zero-order valence-corrected chi connectivity index (χ0v) is 10.6. The van der Waals surface area contributed by atoms with E-state index in [4.69, 9.17) is 0 Å². The van der Waals surface area contributed by atoms with Crippen LogP contribution in [0.25, 0.3) is 0 Å². The summed E-state index contributed by atoms with van der Waals surface area (Å²) in [5.41, 5.74) is 0. The van der Waals surface area contributed by atoms with E-state index < -0.39 is 0 Å². The molecule has 0 aliphatic heterocycles. The Bertz CT molecular complexity index is 219. The molecule has 0 aromatic rings. The second-order valence-electron chi connectivity index (χ2n) is 4.68. The number of amides is 1. The van der Waals surface area contributed by atoms with E-state index in [0.717, 1.165) is 29.2 Å². The average Bonchev–Trinajstić information content (AvgIpc) is 2.76. The van der Waals surface area contributed by atoms with E-state index in [1.165, 1.54) is 25.7 Å². The van der Waals surface area contributed by atoms with Crippen molar-refractivity contribution in [2.45, 2.75) is 32.1 Å². The topological polar surface area (TPSA) is 29.1 Å². The van der Waals surface area contributed by atoms with Gasteiger partial charge in [0.15, 0.2) is 0 Å². The van der Waals surface area contributed by atoms with Crippen LogP contribution in [0, 0.1) is 17.8 Å². The quantitative estimate of drug-likeness (QED) is 0.627. The fourth-order valence-electron chi connectivity index (χ4n) is 3.12. The van der Waals surface area contributed by atoms with E-state index in [1.54, 1.807) is 0 Å². The monoisotopic (exact) mass is 307 g/mol. The fourth-order valence-corrected chi connectivity index (χ4v) is 3.39. The Hall–Kier alpha value is 0.200. The molecular weight excluding hydrogens is 289 g/mol. The Labute approximate surface area is 99.4 Å². The summed E-state index contributed by atoms with van der Waals surface area (Å²) in [6.45, 7) is 0.834. The zero-order chi connectivity index (χ0) is 9.97. The lowest BCUT2D eigenvalue weighted by molar-refractivity contribution is -0.122. The third-order valence-corrected chi connectivity index (χ3v) is 4.29. The van der Waals surface area contributed by atoms with E-state index in [1.807, 2.05) is 0 Å². The van der Waals surface area contributed by atoms with Gasteiger partial charge in [-0.05, 0) is 37.0 Å². The van der Waals surface area contributed by atoms with Crippen LogP contribution in [-0.4, -0.2) is 16.9 Å². The maximum absolute atomic E-state index is 11.5. The van der Waals surface area contributed by atoms with Crippen molar-refractivity contribution in [1.82, 2.24) is 5.32 Å². The van der Waals surface area contributed by atoms with E-state index in [9.17, 15) is 4.79 Å². The third-order valence-electron chi connectivity index (χ3n) is 3.75. The number of carbonyl (C=O) groups excluding carboxylic acids is 1. The summed E-state index contributed by atoms with van der Waals surface area (Å²) in [7, 11) is 0. The van der Waals surface area contributed by atoms with Crippen LogP contribution in [0.1, 0.15) is 32.1 Å². The van der Waals surface area contributed by atoms with Gasteiger partial charge in [0.25, 0.3) is 0 Å². The molecule has 0 heterocycles. The number of rotatable bonds is 4. The highest BCUT2D eigenvalue weighted by Gasteiger charge is 2.39. The van der Waals surface area contributed by atoms with Gasteiger partial charge in [0, 0.05) is 17.4 Å². The third kappa shape index (κ3) is 2.41. The van der Waals surface area contributed by atoms with Crippen molar-refractivity contribution in [3.05, 3.63) is 0 Å². The van der Waals surface area contributed by atoms with E-state index in [2.05, 4.69) is 27.9 Å². The fraction of sp³-hybridized carbons (Fsp3) is 0.909. The van der Waals surface area contributed by atoms with Gasteiger partial charge in [0.1, 0.15) is 0 Å². The summed E-state index contributed by atoms with van der Waals surface area (Å²) >= 11 is 2.29. The van der Waals surface area contributed by atoms with Crippen molar-refractivity contribution in [2.24, 2.45) is 17.8 Å². The van der Waals surface area contributed by atoms with Crippen molar-refractivity contribution in [3.63, 3.8) is 0 Å². The van der Waals surface area contributed by atoms with Gasteiger partial charge in [-0.1, -0.05) is 29.0 Å². The van der Waals surface area contributed by atoms with Crippen molar-refractivity contribution >= 4 is 28.5 Å². The number of nitrogens with one attached hydrogen (secondary N) is 1. The predicted molar refractivity (Wildman–Crippen MR) is 65.5 cm³/mol. The Balaban J connectivity index is 1.73. The number of hydrogen-bond acceptors (Lipinski definition) is 1. The molecule has 80 valence electrons. The molecule has 0 radical (unpaired) electrons. The Morgan fingerprint density at radius 2 is 2.21 bits per heavy atom. The van der Waals surface area contributed by atoms with Crippen molar-refractivity contribution < 1.29 is 4.79 Å². The average molecular weight is 307 g/mol. The first-order valence-corrected chi connectivity index (χ1v) is 7.15. The van der Waals surface area contributed by atoms with Crippen LogP contribution in [-0.2, 0) is 4.79 Å². The Morgan fingerprint density at radius 3 is 2.79 bits per heavy atom. The first kappa shape index (κ1) is 10.7. The molecule has 2 fully saturated rings. The molecule has 0 spiro atoms. The molecule has 2 aliphatic rings. The van der Waals surface area contributed by atoms with Crippen LogP contribution in [0.5, 0.6) is 0 Å². The Morgan fingerprint density at radius 1 is 1.36 bits per heavy atom. The van der Waals surface area contributed by atoms with Gasteiger partial charge in [0.05, 0.1) is 0 Å². The second-order valence-corrected chi connectivity index (χ2v) is 5.76. The molecule has 2 rings (SSSR count). The van der Waals surface area contributed by atoms with Crippen LogP contribution in [0.3, 0.4) is 0 Å². The van der Waals surface area contributed by atoms with Crippen LogP contribution >= 0.6 is 22.6 Å². The van der Waals surface area contributed by atoms with Crippen LogP contribution < -0.4 is 5.32 Å². The molecule has 1 amide bonds. The Kier molecular flexibility index (Phi) is 3.68. The SMILES string of the molecule is O=C(CC1CC2CCC1C2)NCCI. The van der Waals surface area contributed by atoms with Crippen LogP contribution in [0.2, 0.25) is 0 Å². The number of hydrogen-bond donors (Lipinski definition) is 1. The van der Waals surface area contributed by atoms with E-state index in [0.29, 0.717) is 5.92 Å². The normalized spacial score (nSPS) is 34.8. The van der Waals surface area contributed by atoms with Gasteiger partial charge >= 0.3 is 0 Å². The van der Waals surface area contributed by atoms with Crippen molar-refractivity contribution in [3.8, 4) is 0 Å². The molecule has 2 aliphatic carbocycles. The molecule has 2 bridgehead atoms. The lowest BCUT2D eigenvalue weighted by atomic mass is 9.86. The van der Waals surface area contributed by atoms with E-state index in [-0.39, 0.29) is 5.91 Å². The van der Waals surface area contributed by atoms with Crippen molar-refractivity contribution in [1.29, 1.82) is 0 Å². The molecule has 3 atom stereocenters. The molecular formula is C11H18INO. The van der Waals surface area contributed by atoms with E-state index >= 15 is 0 Å². The maximum Gasteiger partial charge on any atom is 0.220 e. The summed E-state index contributed by atoms with van der Waals surface area (Å²) in [5.74, 6) is 2.83. The molecule has 14 heavy (non-hydrogen) atoms. The molecule has 0 saturated heterocycles. The molecule has 2 saturated carbocycles. The highest BCUT2D eigenvalue weighted by molar-refractivity contribution is 14.1. The maximum atomic E-state index is 11.5. The molecule has 3 unspecified atom stereocenters. The molecule has 3 heteroatoms. The first-order chi connectivity index (χ1) is 6.79. The highest BCUT2D eigenvalue weighted by Crippen LogP contribution is 2.49. The van der Waals surface area contributed by atoms with Gasteiger partial charge in [0.2, 0.25) is 5.91 Å². The smallest absolute Gasteiger partial charge is 0.220 e. The van der Waals surface area contributed by atoms with Crippen LogP contribution in [0.4, 0.5) is 0 Å². The van der Waals surface area contributed by atoms with Gasteiger partial charge < -0.3 is 5.32 Å². The summed E-state index contributed by atoms with van der Waals surface area (Å²) in [5, 5.41) is 2.97. The number of fused-ring (bicyclic) bond motifs is 2. The summed E-state index contributed by atoms with van der Waals surface area (Å²) < 4.78 is 1.01. The summed E-state index contributed by atoms with van der Waals surface area (Å²) in [6.07, 6.45) is 6.33.